The Morgan fingerprint density at radius 2 is 2.19 bits per heavy atom. The summed E-state index contributed by atoms with van der Waals surface area (Å²) in [6.07, 6.45) is 0. The summed E-state index contributed by atoms with van der Waals surface area (Å²) in [4.78, 5) is 0. The minimum atomic E-state index is 0.234. The van der Waals surface area contributed by atoms with Crippen LogP contribution in [0.3, 0.4) is 0 Å². The summed E-state index contributed by atoms with van der Waals surface area (Å²) in [6, 6.07) is 5.35. The zero-order chi connectivity index (χ0) is 11.1. The summed E-state index contributed by atoms with van der Waals surface area (Å²) in [7, 11) is 0. The SMILES string of the molecule is Nc1cc(-c2ccc3c(c2Br)OCO3)no1. The van der Waals surface area contributed by atoms with E-state index >= 15 is 0 Å². The second-order valence-corrected chi connectivity index (χ2v) is 4.07. The fourth-order valence-corrected chi connectivity index (χ4v) is 2.20. The molecule has 1 aliphatic heterocycles. The van der Waals surface area contributed by atoms with Crippen LogP contribution in [-0.2, 0) is 0 Å². The quantitative estimate of drug-likeness (QED) is 0.870. The largest absolute Gasteiger partial charge is 0.454 e. The second kappa shape index (κ2) is 3.41. The van der Waals surface area contributed by atoms with Crippen molar-refractivity contribution in [3.63, 3.8) is 0 Å². The van der Waals surface area contributed by atoms with Crippen LogP contribution in [0.5, 0.6) is 11.5 Å². The van der Waals surface area contributed by atoms with Crippen molar-refractivity contribution in [3.05, 3.63) is 22.7 Å². The number of anilines is 1. The molecule has 0 unspecified atom stereocenters. The summed E-state index contributed by atoms with van der Waals surface area (Å²) in [5.41, 5.74) is 6.99. The summed E-state index contributed by atoms with van der Waals surface area (Å²) in [5, 5.41) is 3.85. The van der Waals surface area contributed by atoms with Gasteiger partial charge >= 0.3 is 0 Å². The zero-order valence-electron chi connectivity index (χ0n) is 8.07. The van der Waals surface area contributed by atoms with Crippen molar-refractivity contribution in [1.82, 2.24) is 5.16 Å². The highest BCUT2D eigenvalue weighted by Crippen LogP contribution is 2.44. The number of rotatable bonds is 1. The zero-order valence-corrected chi connectivity index (χ0v) is 9.65. The van der Waals surface area contributed by atoms with Crippen LogP contribution in [-0.4, -0.2) is 11.9 Å². The Hall–Kier alpha value is -1.69. The predicted molar refractivity (Wildman–Crippen MR) is 60.2 cm³/mol. The van der Waals surface area contributed by atoms with Crippen LogP contribution in [0.4, 0.5) is 5.88 Å². The van der Waals surface area contributed by atoms with Crippen LogP contribution in [0.25, 0.3) is 11.3 Å². The van der Waals surface area contributed by atoms with Crippen LogP contribution in [0.15, 0.2) is 27.2 Å². The van der Waals surface area contributed by atoms with Crippen molar-refractivity contribution in [2.75, 3.05) is 12.5 Å². The summed E-state index contributed by atoms with van der Waals surface area (Å²) < 4.78 is 16.2. The van der Waals surface area contributed by atoms with E-state index in [9.17, 15) is 0 Å². The van der Waals surface area contributed by atoms with E-state index in [-0.39, 0.29) is 12.7 Å². The molecule has 0 aliphatic carbocycles. The first-order chi connectivity index (χ1) is 7.75. The van der Waals surface area contributed by atoms with E-state index in [2.05, 4.69) is 21.1 Å². The molecule has 1 aliphatic rings. The number of hydrogen-bond acceptors (Lipinski definition) is 5. The number of fused-ring (bicyclic) bond motifs is 1. The number of ether oxygens (including phenoxy) is 2. The number of aromatic nitrogens is 1. The average molecular weight is 283 g/mol. The first-order valence-electron chi connectivity index (χ1n) is 4.56. The molecular weight excluding hydrogens is 276 g/mol. The van der Waals surface area contributed by atoms with Crippen LogP contribution in [0, 0.1) is 0 Å². The minimum absolute atomic E-state index is 0.234. The van der Waals surface area contributed by atoms with Crippen LogP contribution in [0.2, 0.25) is 0 Å². The minimum Gasteiger partial charge on any atom is -0.454 e. The number of benzene rings is 1. The van der Waals surface area contributed by atoms with E-state index < -0.39 is 0 Å². The van der Waals surface area contributed by atoms with Gasteiger partial charge in [-0.05, 0) is 28.1 Å². The Kier molecular flexibility index (Phi) is 2.03. The molecule has 0 fully saturated rings. The molecule has 0 amide bonds. The van der Waals surface area contributed by atoms with Crippen molar-refractivity contribution in [2.24, 2.45) is 0 Å². The molecule has 0 spiro atoms. The number of nitrogens with two attached hydrogens (primary N) is 1. The van der Waals surface area contributed by atoms with Gasteiger partial charge in [-0.25, -0.2) is 0 Å². The van der Waals surface area contributed by atoms with Gasteiger partial charge in [0.1, 0.15) is 5.69 Å². The summed E-state index contributed by atoms with van der Waals surface area (Å²) in [6.45, 7) is 0.234. The average Bonchev–Trinajstić information content (AvgIpc) is 2.87. The van der Waals surface area contributed by atoms with Crippen LogP contribution < -0.4 is 15.2 Å². The molecule has 0 saturated carbocycles. The third-order valence-corrected chi connectivity index (χ3v) is 3.07. The highest BCUT2D eigenvalue weighted by Gasteiger charge is 2.21. The maximum absolute atomic E-state index is 5.48. The lowest BCUT2D eigenvalue weighted by Crippen LogP contribution is -1.93. The lowest BCUT2D eigenvalue weighted by atomic mass is 10.1. The number of hydrogen-bond donors (Lipinski definition) is 1. The van der Waals surface area contributed by atoms with Gasteiger partial charge in [0, 0.05) is 11.6 Å². The Morgan fingerprint density at radius 1 is 1.31 bits per heavy atom. The summed E-state index contributed by atoms with van der Waals surface area (Å²) in [5.74, 6) is 1.67. The van der Waals surface area contributed by atoms with Gasteiger partial charge in [0.25, 0.3) is 0 Å². The van der Waals surface area contributed by atoms with Gasteiger partial charge < -0.3 is 19.7 Å². The van der Waals surface area contributed by atoms with Crippen molar-refractivity contribution >= 4 is 21.8 Å². The topological polar surface area (TPSA) is 70.5 Å². The van der Waals surface area contributed by atoms with Crippen molar-refractivity contribution in [3.8, 4) is 22.8 Å². The molecule has 2 N–H and O–H groups in total. The van der Waals surface area contributed by atoms with Gasteiger partial charge in [-0.3, -0.25) is 0 Å². The molecule has 3 rings (SSSR count). The lowest BCUT2D eigenvalue weighted by Gasteiger charge is -2.03. The van der Waals surface area contributed by atoms with Gasteiger partial charge in [0.2, 0.25) is 12.7 Å². The van der Waals surface area contributed by atoms with E-state index in [1.807, 2.05) is 12.1 Å². The third kappa shape index (κ3) is 1.34. The molecule has 0 radical (unpaired) electrons. The highest BCUT2D eigenvalue weighted by molar-refractivity contribution is 9.10. The van der Waals surface area contributed by atoms with Crippen molar-refractivity contribution in [1.29, 1.82) is 0 Å². The smallest absolute Gasteiger partial charge is 0.231 e. The van der Waals surface area contributed by atoms with Crippen molar-refractivity contribution < 1.29 is 14.0 Å². The van der Waals surface area contributed by atoms with E-state index in [4.69, 9.17) is 19.7 Å². The molecule has 5 nitrogen and oxygen atoms in total. The first-order valence-corrected chi connectivity index (χ1v) is 5.35. The first kappa shape index (κ1) is 9.53. The van der Waals surface area contributed by atoms with E-state index in [0.29, 0.717) is 17.2 Å². The van der Waals surface area contributed by atoms with E-state index in [0.717, 1.165) is 10.0 Å². The Labute approximate surface area is 99.2 Å². The van der Waals surface area contributed by atoms with Crippen LogP contribution >= 0.6 is 15.9 Å². The Morgan fingerprint density at radius 3 is 2.94 bits per heavy atom. The van der Waals surface area contributed by atoms with Gasteiger partial charge in [-0.2, -0.15) is 0 Å². The number of halogens is 1. The van der Waals surface area contributed by atoms with Crippen molar-refractivity contribution in [2.45, 2.75) is 0 Å². The van der Waals surface area contributed by atoms with Gasteiger partial charge in [-0.1, -0.05) is 5.16 Å². The number of nitrogen functional groups attached to an aromatic ring is 1. The third-order valence-electron chi connectivity index (χ3n) is 2.28. The molecule has 16 heavy (non-hydrogen) atoms. The summed E-state index contributed by atoms with van der Waals surface area (Å²) >= 11 is 3.45. The lowest BCUT2D eigenvalue weighted by molar-refractivity contribution is 0.173. The Bertz CT molecular complexity index is 553. The predicted octanol–water partition coefficient (Wildman–Crippen LogP) is 2.42. The molecule has 0 bridgehead atoms. The maximum Gasteiger partial charge on any atom is 0.231 e. The fraction of sp³-hybridized carbons (Fsp3) is 0.100. The van der Waals surface area contributed by atoms with Gasteiger partial charge in [-0.15, -0.1) is 0 Å². The molecule has 82 valence electrons. The molecule has 6 heteroatoms. The van der Waals surface area contributed by atoms with Crippen LogP contribution in [0.1, 0.15) is 0 Å². The highest BCUT2D eigenvalue weighted by atomic mass is 79.9. The molecular formula is C10H7BrN2O3. The molecule has 1 aromatic carbocycles. The normalized spacial score (nSPS) is 13.1. The standard InChI is InChI=1S/C10H7BrN2O3/c11-9-5(6-3-8(12)16-13-6)1-2-7-10(9)15-4-14-7/h1-3H,4,12H2. The number of nitrogens with zero attached hydrogens (tertiary/aromatic N) is 1. The monoisotopic (exact) mass is 282 g/mol. The van der Waals surface area contributed by atoms with Gasteiger partial charge in [0.05, 0.1) is 4.47 Å². The maximum atomic E-state index is 5.48. The molecule has 0 atom stereocenters. The van der Waals surface area contributed by atoms with E-state index in [1.54, 1.807) is 6.07 Å². The molecule has 0 saturated heterocycles. The molecule has 2 heterocycles. The molecule has 1 aromatic heterocycles. The fourth-order valence-electron chi connectivity index (χ4n) is 1.55. The van der Waals surface area contributed by atoms with E-state index in [1.165, 1.54) is 0 Å². The second-order valence-electron chi connectivity index (χ2n) is 3.28. The Balaban J connectivity index is 2.15. The molecule has 2 aromatic rings. The van der Waals surface area contributed by atoms with Gasteiger partial charge in [0.15, 0.2) is 11.5 Å².